The van der Waals surface area contributed by atoms with Crippen LogP contribution in [0.15, 0.2) is 78.9 Å². The second kappa shape index (κ2) is 13.9. The lowest BCUT2D eigenvalue weighted by molar-refractivity contribution is -0.140. The first-order chi connectivity index (χ1) is 18.6. The van der Waals surface area contributed by atoms with E-state index in [2.05, 4.69) is 5.32 Å². The molecule has 3 rings (SSSR count). The van der Waals surface area contributed by atoms with E-state index in [0.29, 0.717) is 18.7 Å². The standard InChI is InChI=1S/C31H39N3O4S/c1-5-6-19-32-31(36)29(21-26-15-8-7-9-16-26)33(22-27-17-11-10-14-25(27)3)30(35)23-34(39(4,37)38)28-18-12-13-24(2)20-28/h7-18,20,29H,5-6,19,21-23H2,1-4H3,(H,32,36). The van der Waals surface area contributed by atoms with Gasteiger partial charge in [-0.05, 0) is 54.7 Å². The van der Waals surface area contributed by atoms with Crippen LogP contribution < -0.4 is 9.62 Å². The average molecular weight is 550 g/mol. The van der Waals surface area contributed by atoms with Gasteiger partial charge in [0, 0.05) is 19.5 Å². The zero-order valence-electron chi connectivity index (χ0n) is 23.3. The Morgan fingerprint density at radius 3 is 2.26 bits per heavy atom. The Morgan fingerprint density at radius 2 is 1.62 bits per heavy atom. The van der Waals surface area contributed by atoms with Gasteiger partial charge in [0.1, 0.15) is 12.6 Å². The molecule has 0 fully saturated rings. The second-order valence-corrected chi connectivity index (χ2v) is 11.8. The number of carbonyl (C=O) groups excluding carboxylic acids is 2. The first kappa shape index (κ1) is 29.9. The maximum absolute atomic E-state index is 14.1. The maximum atomic E-state index is 14.1. The monoisotopic (exact) mass is 549 g/mol. The lowest BCUT2D eigenvalue weighted by Crippen LogP contribution is -2.53. The molecule has 1 N–H and O–H groups in total. The number of aryl methyl sites for hydroxylation is 2. The Balaban J connectivity index is 2.04. The van der Waals surface area contributed by atoms with E-state index in [1.54, 1.807) is 18.2 Å². The van der Waals surface area contributed by atoms with E-state index in [9.17, 15) is 18.0 Å². The molecule has 208 valence electrons. The molecule has 0 aliphatic carbocycles. The van der Waals surface area contributed by atoms with Gasteiger partial charge >= 0.3 is 0 Å². The van der Waals surface area contributed by atoms with Crippen molar-refractivity contribution in [3.63, 3.8) is 0 Å². The Bertz CT molecular complexity index is 1360. The van der Waals surface area contributed by atoms with Crippen molar-refractivity contribution in [2.45, 2.75) is 52.6 Å². The number of nitrogens with one attached hydrogen (secondary N) is 1. The van der Waals surface area contributed by atoms with Crippen LogP contribution in [0.4, 0.5) is 5.69 Å². The van der Waals surface area contributed by atoms with Gasteiger partial charge in [-0.2, -0.15) is 0 Å². The van der Waals surface area contributed by atoms with Crippen LogP contribution in [0.2, 0.25) is 0 Å². The topological polar surface area (TPSA) is 86.8 Å². The number of rotatable bonds is 13. The molecular weight excluding hydrogens is 510 g/mol. The van der Waals surface area contributed by atoms with Crippen molar-refractivity contribution in [2.24, 2.45) is 0 Å². The van der Waals surface area contributed by atoms with Crippen LogP contribution in [-0.2, 0) is 32.6 Å². The van der Waals surface area contributed by atoms with Gasteiger partial charge in [0.05, 0.1) is 11.9 Å². The Kier molecular flexibility index (Phi) is 10.7. The summed E-state index contributed by atoms with van der Waals surface area (Å²) in [6.07, 6.45) is 3.15. The van der Waals surface area contributed by atoms with Crippen LogP contribution in [0.3, 0.4) is 0 Å². The molecule has 0 radical (unpaired) electrons. The van der Waals surface area contributed by atoms with Crippen molar-refractivity contribution in [2.75, 3.05) is 23.7 Å². The molecule has 0 saturated heterocycles. The highest BCUT2D eigenvalue weighted by atomic mass is 32.2. The minimum Gasteiger partial charge on any atom is -0.354 e. The maximum Gasteiger partial charge on any atom is 0.244 e. The zero-order valence-corrected chi connectivity index (χ0v) is 24.1. The number of benzene rings is 3. The molecular formula is C31H39N3O4S. The van der Waals surface area contributed by atoms with Crippen LogP contribution in [0.1, 0.15) is 42.0 Å². The van der Waals surface area contributed by atoms with Gasteiger partial charge in [-0.1, -0.05) is 80.1 Å². The smallest absolute Gasteiger partial charge is 0.244 e. The highest BCUT2D eigenvalue weighted by Gasteiger charge is 2.33. The molecule has 0 saturated carbocycles. The van der Waals surface area contributed by atoms with Gasteiger partial charge in [-0.15, -0.1) is 0 Å². The third kappa shape index (κ3) is 8.68. The van der Waals surface area contributed by atoms with Gasteiger partial charge in [0.15, 0.2) is 0 Å². The van der Waals surface area contributed by atoms with Crippen molar-refractivity contribution in [3.05, 3.63) is 101 Å². The summed E-state index contributed by atoms with van der Waals surface area (Å²) in [7, 11) is -3.78. The van der Waals surface area contributed by atoms with Crippen LogP contribution in [0.25, 0.3) is 0 Å². The van der Waals surface area contributed by atoms with Gasteiger partial charge in [-0.25, -0.2) is 8.42 Å². The van der Waals surface area contributed by atoms with Gasteiger partial charge in [-0.3, -0.25) is 13.9 Å². The fourth-order valence-electron chi connectivity index (χ4n) is 4.43. The lowest BCUT2D eigenvalue weighted by atomic mass is 10.0. The normalized spacial score (nSPS) is 12.0. The minimum absolute atomic E-state index is 0.176. The first-order valence-corrected chi connectivity index (χ1v) is 15.1. The summed E-state index contributed by atoms with van der Waals surface area (Å²) < 4.78 is 26.8. The van der Waals surface area contributed by atoms with E-state index in [1.165, 1.54) is 4.90 Å². The highest BCUT2D eigenvalue weighted by Crippen LogP contribution is 2.22. The molecule has 39 heavy (non-hydrogen) atoms. The third-order valence-corrected chi connectivity index (χ3v) is 7.81. The van der Waals surface area contributed by atoms with E-state index >= 15 is 0 Å². The molecule has 0 aromatic heterocycles. The number of hydrogen-bond donors (Lipinski definition) is 1. The molecule has 0 aliphatic heterocycles. The number of carbonyl (C=O) groups is 2. The molecule has 0 aliphatic rings. The van der Waals surface area contributed by atoms with E-state index in [4.69, 9.17) is 0 Å². The SMILES string of the molecule is CCCCNC(=O)C(Cc1ccccc1)N(Cc1ccccc1C)C(=O)CN(c1cccc(C)c1)S(C)(=O)=O. The molecule has 0 heterocycles. The van der Waals surface area contributed by atoms with Crippen molar-refractivity contribution in [1.29, 1.82) is 0 Å². The van der Waals surface area contributed by atoms with Crippen molar-refractivity contribution in [1.82, 2.24) is 10.2 Å². The molecule has 7 nitrogen and oxygen atoms in total. The molecule has 3 aromatic rings. The van der Waals surface area contributed by atoms with Crippen LogP contribution >= 0.6 is 0 Å². The number of anilines is 1. The number of amides is 2. The quantitative estimate of drug-likeness (QED) is 0.315. The predicted molar refractivity (Wildman–Crippen MR) is 157 cm³/mol. The van der Waals surface area contributed by atoms with Gasteiger partial charge in [0.2, 0.25) is 21.8 Å². The molecule has 1 unspecified atom stereocenters. The average Bonchev–Trinajstić information content (AvgIpc) is 2.90. The summed E-state index contributed by atoms with van der Waals surface area (Å²) in [6.45, 7) is 6.14. The van der Waals surface area contributed by atoms with E-state index < -0.39 is 28.5 Å². The minimum atomic E-state index is -3.78. The number of unbranched alkanes of at least 4 members (excludes halogenated alkanes) is 1. The summed E-state index contributed by atoms with van der Waals surface area (Å²) in [4.78, 5) is 29.2. The summed E-state index contributed by atoms with van der Waals surface area (Å²) in [6, 6.07) is 23.5. The number of hydrogen-bond acceptors (Lipinski definition) is 4. The molecule has 0 spiro atoms. The third-order valence-electron chi connectivity index (χ3n) is 6.67. The lowest BCUT2D eigenvalue weighted by Gasteiger charge is -2.34. The first-order valence-electron chi connectivity index (χ1n) is 13.3. The number of nitrogens with zero attached hydrogens (tertiary/aromatic N) is 2. The molecule has 2 amide bonds. The van der Waals surface area contributed by atoms with Crippen molar-refractivity contribution in [3.8, 4) is 0 Å². The summed E-state index contributed by atoms with van der Waals surface area (Å²) in [5.41, 5.74) is 4.08. The molecule has 3 aromatic carbocycles. The van der Waals surface area contributed by atoms with Crippen molar-refractivity contribution < 1.29 is 18.0 Å². The summed E-state index contributed by atoms with van der Waals surface area (Å²) >= 11 is 0. The second-order valence-electron chi connectivity index (χ2n) is 9.91. The summed E-state index contributed by atoms with van der Waals surface area (Å²) in [5, 5.41) is 3.00. The molecule has 8 heteroatoms. The molecule has 0 bridgehead atoms. The van der Waals surface area contributed by atoms with Gasteiger partial charge in [0.25, 0.3) is 0 Å². The van der Waals surface area contributed by atoms with E-state index in [1.807, 2.05) is 81.4 Å². The fraction of sp³-hybridized carbons (Fsp3) is 0.355. The van der Waals surface area contributed by atoms with Crippen LogP contribution in [0, 0.1) is 13.8 Å². The van der Waals surface area contributed by atoms with Gasteiger partial charge < -0.3 is 10.2 Å². The highest BCUT2D eigenvalue weighted by molar-refractivity contribution is 7.92. The van der Waals surface area contributed by atoms with Crippen LogP contribution in [0.5, 0.6) is 0 Å². The van der Waals surface area contributed by atoms with E-state index in [-0.39, 0.29) is 12.5 Å². The Labute approximate surface area is 232 Å². The van der Waals surface area contributed by atoms with Crippen LogP contribution in [-0.4, -0.2) is 50.5 Å². The van der Waals surface area contributed by atoms with E-state index in [0.717, 1.165) is 45.7 Å². The number of sulfonamides is 1. The largest absolute Gasteiger partial charge is 0.354 e. The summed E-state index contributed by atoms with van der Waals surface area (Å²) in [5.74, 6) is -0.701. The zero-order chi connectivity index (χ0) is 28.4. The van der Waals surface area contributed by atoms with Crippen molar-refractivity contribution >= 4 is 27.5 Å². The Hall–Kier alpha value is -3.65. The predicted octanol–water partition coefficient (Wildman–Crippen LogP) is 4.63. The Morgan fingerprint density at radius 1 is 0.923 bits per heavy atom. The fourth-order valence-corrected chi connectivity index (χ4v) is 5.27. The molecule has 1 atom stereocenters.